The molecule has 1 amide bonds. The van der Waals surface area contributed by atoms with E-state index in [2.05, 4.69) is 0 Å². The number of hydrogen-bond acceptors (Lipinski definition) is 6. The number of carbonyl (C=O) groups excluding carboxylic acids is 1. The van der Waals surface area contributed by atoms with Crippen LogP contribution in [0.15, 0.2) is 42.5 Å². The van der Waals surface area contributed by atoms with Gasteiger partial charge in [-0.25, -0.2) is 0 Å². The highest BCUT2D eigenvalue weighted by atomic mass is 19.4. The van der Waals surface area contributed by atoms with Gasteiger partial charge in [0, 0.05) is 32.2 Å². The van der Waals surface area contributed by atoms with Crippen molar-refractivity contribution in [2.75, 3.05) is 31.1 Å². The van der Waals surface area contributed by atoms with Crippen LogP contribution in [0.25, 0.3) is 0 Å². The fourth-order valence-corrected chi connectivity index (χ4v) is 3.40. The number of benzene rings is 2. The standard InChI is InChI=1S/C21H19F3N4O4/c1-14(32-17-5-2-15(13-25)3-6-17)20(29)27-10-8-26(9-11-27)18-7-4-16(21(22,23)24)12-19(18)28(30)31/h2-7,12,14H,8-11H2,1H3. The van der Waals surface area contributed by atoms with Crippen molar-refractivity contribution in [1.82, 2.24) is 4.90 Å². The molecule has 8 nitrogen and oxygen atoms in total. The van der Waals surface area contributed by atoms with Crippen LogP contribution in [0.3, 0.4) is 0 Å². The SMILES string of the molecule is CC(Oc1ccc(C#N)cc1)C(=O)N1CCN(c2ccc(C(F)(F)F)cc2[N+](=O)[O-])CC1. The van der Waals surface area contributed by atoms with Crippen molar-refractivity contribution >= 4 is 17.3 Å². The number of nitriles is 1. The molecule has 11 heteroatoms. The van der Waals surface area contributed by atoms with Crippen molar-refractivity contribution < 1.29 is 27.6 Å². The lowest BCUT2D eigenvalue weighted by atomic mass is 10.1. The molecule has 2 aromatic rings. The number of nitro benzene ring substituents is 1. The molecule has 168 valence electrons. The highest BCUT2D eigenvalue weighted by molar-refractivity contribution is 5.81. The van der Waals surface area contributed by atoms with Gasteiger partial charge in [-0.3, -0.25) is 14.9 Å². The molecule has 3 rings (SSSR count). The number of hydrogen-bond donors (Lipinski definition) is 0. The van der Waals surface area contributed by atoms with Gasteiger partial charge in [0.2, 0.25) is 0 Å². The average molecular weight is 448 g/mol. The number of ether oxygens (including phenoxy) is 1. The average Bonchev–Trinajstić information content (AvgIpc) is 2.78. The fourth-order valence-electron chi connectivity index (χ4n) is 3.40. The second kappa shape index (κ2) is 9.13. The molecule has 0 bridgehead atoms. The van der Waals surface area contributed by atoms with E-state index >= 15 is 0 Å². The summed E-state index contributed by atoms with van der Waals surface area (Å²) in [7, 11) is 0. The second-order valence-electron chi connectivity index (χ2n) is 7.17. The van der Waals surface area contributed by atoms with E-state index in [-0.39, 0.29) is 37.8 Å². The topological polar surface area (TPSA) is 99.7 Å². The normalized spacial score (nSPS) is 15.1. The summed E-state index contributed by atoms with van der Waals surface area (Å²) in [6.07, 6.45) is -5.48. The lowest BCUT2D eigenvalue weighted by Gasteiger charge is -2.36. The van der Waals surface area contributed by atoms with Crippen LogP contribution in [0.2, 0.25) is 0 Å². The molecule has 0 radical (unpaired) electrons. The number of carbonyl (C=O) groups is 1. The van der Waals surface area contributed by atoms with Crippen molar-refractivity contribution in [3.63, 3.8) is 0 Å². The van der Waals surface area contributed by atoms with E-state index in [1.54, 1.807) is 41.0 Å². The molecular weight excluding hydrogens is 429 g/mol. The van der Waals surface area contributed by atoms with Crippen LogP contribution in [0, 0.1) is 21.4 Å². The summed E-state index contributed by atoms with van der Waals surface area (Å²) in [4.78, 5) is 26.3. The Labute approximate surface area is 181 Å². The number of nitro groups is 1. The summed E-state index contributed by atoms with van der Waals surface area (Å²) in [5.74, 6) is 0.153. The van der Waals surface area contributed by atoms with E-state index in [4.69, 9.17) is 10.00 Å². The van der Waals surface area contributed by atoms with E-state index < -0.39 is 28.5 Å². The Hall–Kier alpha value is -3.81. The molecule has 1 saturated heterocycles. The van der Waals surface area contributed by atoms with Crippen molar-refractivity contribution in [3.05, 3.63) is 63.7 Å². The predicted octanol–water partition coefficient (Wildman–Crippen LogP) is 3.60. The van der Waals surface area contributed by atoms with E-state index in [0.717, 1.165) is 12.1 Å². The van der Waals surface area contributed by atoms with Crippen molar-refractivity contribution in [2.45, 2.75) is 19.2 Å². The van der Waals surface area contributed by atoms with Crippen molar-refractivity contribution in [1.29, 1.82) is 5.26 Å². The van der Waals surface area contributed by atoms with E-state index in [9.17, 15) is 28.1 Å². The minimum Gasteiger partial charge on any atom is -0.481 e. The first kappa shape index (κ1) is 22.9. The Bertz CT molecular complexity index is 1040. The van der Waals surface area contributed by atoms with Gasteiger partial charge >= 0.3 is 6.18 Å². The van der Waals surface area contributed by atoms with Gasteiger partial charge in [-0.1, -0.05) is 0 Å². The molecule has 1 heterocycles. The third-order valence-corrected chi connectivity index (χ3v) is 5.08. The van der Waals surface area contributed by atoms with Gasteiger partial charge in [-0.2, -0.15) is 18.4 Å². The van der Waals surface area contributed by atoms with Crippen molar-refractivity contribution in [2.24, 2.45) is 0 Å². The zero-order chi connectivity index (χ0) is 23.5. The van der Waals surface area contributed by atoms with Gasteiger partial charge in [0.25, 0.3) is 11.6 Å². The van der Waals surface area contributed by atoms with E-state index in [0.29, 0.717) is 17.4 Å². The monoisotopic (exact) mass is 448 g/mol. The molecule has 1 aliphatic rings. The van der Waals surface area contributed by atoms with Gasteiger partial charge < -0.3 is 14.5 Å². The number of piperazine rings is 1. The third kappa shape index (κ3) is 5.08. The number of nitrogens with zero attached hydrogens (tertiary/aromatic N) is 4. The third-order valence-electron chi connectivity index (χ3n) is 5.08. The molecule has 1 fully saturated rings. The van der Waals surface area contributed by atoms with Crippen molar-refractivity contribution in [3.8, 4) is 11.8 Å². The number of anilines is 1. The van der Waals surface area contributed by atoms with Crippen LogP contribution >= 0.6 is 0 Å². The molecule has 0 aromatic heterocycles. The zero-order valence-electron chi connectivity index (χ0n) is 17.0. The lowest BCUT2D eigenvalue weighted by molar-refractivity contribution is -0.384. The van der Waals surface area contributed by atoms with Gasteiger partial charge in [-0.05, 0) is 43.3 Å². The highest BCUT2D eigenvalue weighted by Crippen LogP contribution is 2.36. The van der Waals surface area contributed by atoms with Crippen LogP contribution in [0.4, 0.5) is 24.5 Å². The summed E-state index contributed by atoms with van der Waals surface area (Å²) in [6, 6.07) is 10.7. The summed E-state index contributed by atoms with van der Waals surface area (Å²) < 4.78 is 44.4. The van der Waals surface area contributed by atoms with Gasteiger partial charge in [-0.15, -0.1) is 0 Å². The minimum absolute atomic E-state index is 0.0805. The Kier molecular flexibility index (Phi) is 6.53. The highest BCUT2D eigenvalue weighted by Gasteiger charge is 2.34. The fraction of sp³-hybridized carbons (Fsp3) is 0.333. The predicted molar refractivity (Wildman–Crippen MR) is 108 cm³/mol. The summed E-state index contributed by atoms with van der Waals surface area (Å²) in [5, 5.41) is 20.2. The molecule has 1 unspecified atom stereocenters. The Morgan fingerprint density at radius 1 is 1.16 bits per heavy atom. The van der Waals surface area contributed by atoms with E-state index in [1.807, 2.05) is 6.07 Å². The molecule has 1 aliphatic heterocycles. The lowest BCUT2D eigenvalue weighted by Crippen LogP contribution is -2.52. The Morgan fingerprint density at radius 2 is 1.78 bits per heavy atom. The smallest absolute Gasteiger partial charge is 0.416 e. The number of halogens is 3. The summed E-state index contributed by atoms with van der Waals surface area (Å²) in [5.41, 5.74) is -1.17. The van der Waals surface area contributed by atoms with Crippen LogP contribution in [-0.2, 0) is 11.0 Å². The van der Waals surface area contributed by atoms with Gasteiger partial charge in [0.15, 0.2) is 6.10 Å². The maximum atomic E-state index is 12.9. The van der Waals surface area contributed by atoms with E-state index in [1.165, 1.54) is 0 Å². The zero-order valence-corrected chi connectivity index (χ0v) is 17.0. The minimum atomic E-state index is -4.68. The number of amides is 1. The molecule has 32 heavy (non-hydrogen) atoms. The van der Waals surface area contributed by atoms with Crippen LogP contribution in [0.1, 0.15) is 18.1 Å². The molecule has 0 N–H and O–H groups in total. The van der Waals surface area contributed by atoms with Crippen LogP contribution < -0.4 is 9.64 Å². The van der Waals surface area contributed by atoms with Crippen LogP contribution in [0.5, 0.6) is 5.75 Å². The molecule has 0 saturated carbocycles. The Morgan fingerprint density at radius 3 is 2.31 bits per heavy atom. The number of alkyl halides is 3. The van der Waals surface area contributed by atoms with Gasteiger partial charge in [0.05, 0.1) is 22.1 Å². The first-order valence-corrected chi connectivity index (χ1v) is 9.66. The Balaban J connectivity index is 1.64. The molecule has 0 spiro atoms. The maximum absolute atomic E-state index is 12.9. The second-order valence-corrected chi connectivity index (χ2v) is 7.17. The molecule has 1 atom stereocenters. The maximum Gasteiger partial charge on any atom is 0.416 e. The largest absolute Gasteiger partial charge is 0.481 e. The quantitative estimate of drug-likeness (QED) is 0.512. The molecule has 0 aliphatic carbocycles. The molecule has 2 aromatic carbocycles. The molecular formula is C21H19F3N4O4. The first-order valence-electron chi connectivity index (χ1n) is 9.66. The summed E-state index contributed by atoms with van der Waals surface area (Å²) in [6.45, 7) is 2.51. The van der Waals surface area contributed by atoms with Gasteiger partial charge in [0.1, 0.15) is 11.4 Å². The summed E-state index contributed by atoms with van der Waals surface area (Å²) >= 11 is 0. The van der Waals surface area contributed by atoms with Crippen LogP contribution in [-0.4, -0.2) is 48.0 Å². The first-order chi connectivity index (χ1) is 15.1. The number of rotatable bonds is 5.